The summed E-state index contributed by atoms with van der Waals surface area (Å²) in [7, 11) is 0. The minimum atomic E-state index is 0.841. The van der Waals surface area contributed by atoms with Gasteiger partial charge in [-0.2, -0.15) is 11.8 Å². The Labute approximate surface area is 75.1 Å². The lowest BCUT2D eigenvalue weighted by atomic mass is 10.1. The van der Waals surface area contributed by atoms with Crippen molar-refractivity contribution in [2.75, 3.05) is 5.75 Å². The Hall–Kier alpha value is -0.0900. The van der Waals surface area contributed by atoms with Crippen molar-refractivity contribution in [2.24, 2.45) is 0 Å². The Morgan fingerprint density at radius 2 is 2.18 bits per heavy atom. The molecule has 0 aromatic rings. The van der Waals surface area contributed by atoms with Crippen molar-refractivity contribution < 1.29 is 0 Å². The Morgan fingerprint density at radius 3 is 2.64 bits per heavy atom. The van der Waals surface area contributed by atoms with Crippen molar-refractivity contribution in [1.82, 2.24) is 0 Å². The van der Waals surface area contributed by atoms with E-state index >= 15 is 0 Å². The molecule has 11 heavy (non-hydrogen) atoms. The van der Waals surface area contributed by atoms with Gasteiger partial charge in [0.25, 0.3) is 0 Å². The number of hydrogen-bond acceptors (Lipinski definition) is 1. The summed E-state index contributed by atoms with van der Waals surface area (Å²) < 4.78 is 0. The normalized spacial score (nSPS) is 12.5. The fraction of sp³-hybridized carbons (Fsp3) is 0.800. The van der Waals surface area contributed by atoms with Gasteiger partial charge in [0.15, 0.2) is 0 Å². The largest absolute Gasteiger partial charge is 0.159 e. The van der Waals surface area contributed by atoms with Gasteiger partial charge in [0, 0.05) is 11.7 Å². The highest BCUT2D eigenvalue weighted by Crippen LogP contribution is 2.19. The van der Waals surface area contributed by atoms with E-state index < -0.39 is 0 Å². The monoisotopic (exact) mass is 170 g/mol. The standard InChI is InChI=1S/C10H18S/c1-4-7-8-9-10(5-2)11-6-3/h1,10H,5-9H2,2-3H3. The van der Waals surface area contributed by atoms with Crippen LogP contribution in [0.25, 0.3) is 0 Å². The number of thioether (sulfide) groups is 1. The first-order valence-electron chi connectivity index (χ1n) is 4.40. The van der Waals surface area contributed by atoms with Crippen LogP contribution in [-0.2, 0) is 0 Å². The van der Waals surface area contributed by atoms with Crippen molar-refractivity contribution in [3.05, 3.63) is 0 Å². The van der Waals surface area contributed by atoms with E-state index in [1.165, 1.54) is 25.0 Å². The van der Waals surface area contributed by atoms with Crippen LogP contribution < -0.4 is 0 Å². The van der Waals surface area contributed by atoms with Crippen molar-refractivity contribution in [1.29, 1.82) is 0 Å². The summed E-state index contributed by atoms with van der Waals surface area (Å²) in [5, 5.41) is 0.841. The van der Waals surface area contributed by atoms with Gasteiger partial charge >= 0.3 is 0 Å². The molecule has 0 radical (unpaired) electrons. The Kier molecular flexibility index (Phi) is 7.95. The minimum absolute atomic E-state index is 0.841. The fourth-order valence-corrected chi connectivity index (χ4v) is 2.11. The predicted octanol–water partition coefficient (Wildman–Crippen LogP) is 3.32. The summed E-state index contributed by atoms with van der Waals surface area (Å²) in [6.45, 7) is 4.47. The van der Waals surface area contributed by atoms with E-state index in [9.17, 15) is 0 Å². The van der Waals surface area contributed by atoms with E-state index in [0.717, 1.165) is 11.7 Å². The first-order valence-corrected chi connectivity index (χ1v) is 5.45. The van der Waals surface area contributed by atoms with Crippen LogP contribution in [0.3, 0.4) is 0 Å². The molecule has 0 aliphatic heterocycles. The highest BCUT2D eigenvalue weighted by atomic mass is 32.2. The SMILES string of the molecule is C#CCCCC(CC)SCC. The molecule has 1 heteroatoms. The molecule has 0 fully saturated rings. The highest BCUT2D eigenvalue weighted by Gasteiger charge is 2.03. The van der Waals surface area contributed by atoms with Gasteiger partial charge in [-0.15, -0.1) is 12.3 Å². The first-order chi connectivity index (χ1) is 5.35. The molecule has 0 spiro atoms. The molecular formula is C10H18S. The number of unbranched alkanes of at least 4 members (excludes halogenated alkanes) is 1. The van der Waals surface area contributed by atoms with Gasteiger partial charge in [-0.05, 0) is 25.0 Å². The van der Waals surface area contributed by atoms with E-state index in [1.54, 1.807) is 0 Å². The van der Waals surface area contributed by atoms with Crippen LogP contribution in [0.2, 0.25) is 0 Å². The summed E-state index contributed by atoms with van der Waals surface area (Å²) >= 11 is 2.06. The third-order valence-electron chi connectivity index (χ3n) is 1.70. The smallest absolute Gasteiger partial charge is 0.00864 e. The molecule has 0 aliphatic carbocycles. The van der Waals surface area contributed by atoms with Crippen LogP contribution in [0.5, 0.6) is 0 Å². The van der Waals surface area contributed by atoms with Crippen molar-refractivity contribution >= 4 is 11.8 Å². The Balaban J connectivity index is 3.29. The molecule has 0 rings (SSSR count). The quantitative estimate of drug-likeness (QED) is 0.435. The summed E-state index contributed by atoms with van der Waals surface area (Å²) in [4.78, 5) is 0. The zero-order chi connectivity index (χ0) is 8.53. The van der Waals surface area contributed by atoms with E-state index in [4.69, 9.17) is 6.42 Å². The van der Waals surface area contributed by atoms with E-state index in [1.807, 2.05) is 0 Å². The second-order valence-electron chi connectivity index (χ2n) is 2.58. The molecular weight excluding hydrogens is 152 g/mol. The second kappa shape index (κ2) is 8.01. The average molecular weight is 170 g/mol. The van der Waals surface area contributed by atoms with Gasteiger partial charge in [0.05, 0.1) is 0 Å². The van der Waals surface area contributed by atoms with Crippen molar-refractivity contribution in [3.8, 4) is 12.3 Å². The third-order valence-corrected chi connectivity index (χ3v) is 3.08. The molecule has 0 aromatic carbocycles. The predicted molar refractivity (Wildman–Crippen MR) is 54.9 cm³/mol. The lowest BCUT2D eigenvalue weighted by molar-refractivity contribution is 0.696. The first kappa shape index (κ1) is 10.9. The topological polar surface area (TPSA) is 0 Å². The maximum absolute atomic E-state index is 5.17. The van der Waals surface area contributed by atoms with E-state index in [2.05, 4.69) is 31.5 Å². The van der Waals surface area contributed by atoms with Gasteiger partial charge in [-0.3, -0.25) is 0 Å². The molecule has 0 nitrogen and oxygen atoms in total. The molecule has 0 bridgehead atoms. The number of hydrogen-bond donors (Lipinski definition) is 0. The maximum atomic E-state index is 5.17. The lowest BCUT2D eigenvalue weighted by Crippen LogP contribution is -2.00. The zero-order valence-electron chi connectivity index (χ0n) is 7.60. The van der Waals surface area contributed by atoms with Gasteiger partial charge < -0.3 is 0 Å². The van der Waals surface area contributed by atoms with Crippen LogP contribution in [0.1, 0.15) is 39.5 Å². The van der Waals surface area contributed by atoms with Gasteiger partial charge in [-0.1, -0.05) is 13.8 Å². The molecule has 0 saturated carbocycles. The molecule has 64 valence electrons. The molecule has 0 aliphatic rings. The minimum Gasteiger partial charge on any atom is -0.159 e. The van der Waals surface area contributed by atoms with E-state index in [0.29, 0.717) is 0 Å². The van der Waals surface area contributed by atoms with Gasteiger partial charge in [0.2, 0.25) is 0 Å². The average Bonchev–Trinajstić information content (AvgIpc) is 2.03. The van der Waals surface area contributed by atoms with Crippen LogP contribution in [0.4, 0.5) is 0 Å². The maximum Gasteiger partial charge on any atom is 0.00864 e. The lowest BCUT2D eigenvalue weighted by Gasteiger charge is -2.11. The molecule has 1 unspecified atom stereocenters. The van der Waals surface area contributed by atoms with Crippen molar-refractivity contribution in [3.63, 3.8) is 0 Å². The third kappa shape index (κ3) is 6.31. The second-order valence-corrected chi connectivity index (χ2v) is 4.16. The molecule has 0 amide bonds. The Morgan fingerprint density at radius 1 is 1.45 bits per heavy atom. The summed E-state index contributed by atoms with van der Waals surface area (Å²) in [5.74, 6) is 3.91. The number of rotatable bonds is 6. The van der Waals surface area contributed by atoms with Crippen LogP contribution >= 0.6 is 11.8 Å². The van der Waals surface area contributed by atoms with Crippen LogP contribution in [0, 0.1) is 12.3 Å². The van der Waals surface area contributed by atoms with E-state index in [-0.39, 0.29) is 0 Å². The van der Waals surface area contributed by atoms with Crippen LogP contribution in [-0.4, -0.2) is 11.0 Å². The molecule has 0 heterocycles. The molecule has 1 atom stereocenters. The summed E-state index contributed by atoms with van der Waals surface area (Å²) in [5.41, 5.74) is 0. The Bertz CT molecular complexity index is 113. The number of terminal acetylenes is 1. The fourth-order valence-electron chi connectivity index (χ4n) is 1.07. The summed E-state index contributed by atoms with van der Waals surface area (Å²) in [6.07, 6.45) is 9.89. The molecule has 0 N–H and O–H groups in total. The van der Waals surface area contributed by atoms with Gasteiger partial charge in [-0.25, -0.2) is 0 Å². The molecule has 0 saturated heterocycles. The summed E-state index contributed by atoms with van der Waals surface area (Å²) in [6, 6.07) is 0. The zero-order valence-corrected chi connectivity index (χ0v) is 8.41. The van der Waals surface area contributed by atoms with Crippen molar-refractivity contribution in [2.45, 2.75) is 44.8 Å². The highest BCUT2D eigenvalue weighted by molar-refractivity contribution is 7.99. The molecule has 0 aromatic heterocycles. The van der Waals surface area contributed by atoms with Gasteiger partial charge in [0.1, 0.15) is 0 Å². The van der Waals surface area contributed by atoms with Crippen LogP contribution in [0.15, 0.2) is 0 Å².